The van der Waals surface area contributed by atoms with E-state index in [1.807, 2.05) is 18.2 Å². The van der Waals surface area contributed by atoms with Crippen LogP contribution in [0.1, 0.15) is 22.3 Å². The number of aromatic nitrogens is 5. The first-order valence-corrected chi connectivity index (χ1v) is 26.2. The highest BCUT2D eigenvalue weighted by Gasteiger charge is 2.25. The summed E-state index contributed by atoms with van der Waals surface area (Å²) < 4.78 is 4.76. The number of rotatable bonds is 7. The van der Waals surface area contributed by atoms with Crippen LogP contribution in [0.5, 0.6) is 0 Å². The molecule has 0 spiro atoms. The molecule has 0 atom stereocenters. The lowest BCUT2D eigenvalue weighted by atomic mass is 9.93. The van der Waals surface area contributed by atoms with Crippen molar-refractivity contribution in [3.8, 4) is 90.0 Å². The molecule has 0 saturated heterocycles. The summed E-state index contributed by atoms with van der Waals surface area (Å²) in [7, 11) is 0. The lowest BCUT2D eigenvalue weighted by molar-refractivity contribution is 1.07. The molecule has 0 bridgehead atoms. The first kappa shape index (κ1) is 42.5. The molecule has 0 N–H and O–H groups in total. The molecule has 354 valence electrons. The van der Waals surface area contributed by atoms with E-state index < -0.39 is 0 Å². The van der Waals surface area contributed by atoms with Crippen LogP contribution in [0.2, 0.25) is 0 Å². The molecule has 2 aliphatic rings. The molecule has 76 heavy (non-hydrogen) atoms. The Kier molecular flexibility index (Phi) is 9.39. The third kappa shape index (κ3) is 6.62. The average molecular weight is 968 g/mol. The molecule has 0 aliphatic heterocycles. The number of para-hydroxylation sites is 2. The summed E-state index contributed by atoms with van der Waals surface area (Å²) >= 11 is 0. The number of nitrogens with zero attached hydrogens (tertiary/aromatic N) is 5. The highest BCUT2D eigenvalue weighted by atomic mass is 15.0. The molecule has 3 heterocycles. The summed E-state index contributed by atoms with van der Waals surface area (Å²) in [6, 6.07) is 90.2. The van der Waals surface area contributed by atoms with Gasteiger partial charge in [-0.2, -0.15) is 0 Å². The predicted molar refractivity (Wildman–Crippen MR) is 312 cm³/mol. The zero-order chi connectivity index (χ0) is 49.8. The van der Waals surface area contributed by atoms with E-state index in [1.54, 1.807) is 0 Å². The minimum atomic E-state index is 0.608. The van der Waals surface area contributed by atoms with Gasteiger partial charge in [0, 0.05) is 49.6 Å². The maximum Gasteiger partial charge on any atom is 0.164 e. The Labute approximate surface area is 439 Å². The smallest absolute Gasteiger partial charge is 0.164 e. The fraction of sp³-hybridized carbons (Fsp3) is 0.0282. The molecule has 5 heteroatoms. The van der Waals surface area contributed by atoms with Gasteiger partial charge in [-0.05, 0) is 140 Å². The van der Waals surface area contributed by atoms with E-state index in [0.717, 1.165) is 63.0 Å². The Bertz CT molecular complexity index is 4430. The second-order valence-electron chi connectivity index (χ2n) is 20.3. The van der Waals surface area contributed by atoms with Gasteiger partial charge in [0.1, 0.15) is 0 Å². The largest absolute Gasteiger partial charge is 0.309 e. The van der Waals surface area contributed by atoms with Gasteiger partial charge in [0.05, 0.1) is 22.1 Å². The maximum atomic E-state index is 5.33. The van der Waals surface area contributed by atoms with E-state index in [0.29, 0.717) is 17.5 Å². The van der Waals surface area contributed by atoms with Crippen molar-refractivity contribution in [3.63, 3.8) is 0 Å². The minimum absolute atomic E-state index is 0.608. The normalized spacial score (nSPS) is 12.4. The molecular formula is C71H45N5. The van der Waals surface area contributed by atoms with Gasteiger partial charge in [0.15, 0.2) is 17.5 Å². The number of fused-ring (bicyclic) bond motifs is 12. The van der Waals surface area contributed by atoms with Crippen LogP contribution in [0.25, 0.3) is 134 Å². The number of benzene rings is 11. The Hall–Kier alpha value is -9.97. The van der Waals surface area contributed by atoms with Crippen molar-refractivity contribution in [2.45, 2.75) is 12.8 Å². The molecule has 16 rings (SSSR count). The van der Waals surface area contributed by atoms with Crippen LogP contribution in [-0.2, 0) is 12.8 Å². The number of hydrogen-bond donors (Lipinski definition) is 0. The van der Waals surface area contributed by atoms with Gasteiger partial charge in [-0.1, -0.05) is 188 Å². The molecule has 5 nitrogen and oxygen atoms in total. The molecule has 11 aromatic carbocycles. The van der Waals surface area contributed by atoms with Crippen molar-refractivity contribution in [3.05, 3.63) is 271 Å². The van der Waals surface area contributed by atoms with Gasteiger partial charge in [0.2, 0.25) is 0 Å². The van der Waals surface area contributed by atoms with E-state index in [4.69, 9.17) is 15.0 Å². The zero-order valence-corrected chi connectivity index (χ0v) is 41.3. The van der Waals surface area contributed by atoms with E-state index in [9.17, 15) is 0 Å². The average Bonchev–Trinajstić information content (AvgIpc) is 4.31. The number of hydrogen-bond acceptors (Lipinski definition) is 3. The lowest BCUT2D eigenvalue weighted by Crippen LogP contribution is -2.02. The molecule has 14 aromatic rings. The van der Waals surface area contributed by atoms with Gasteiger partial charge in [-0.25, -0.2) is 15.0 Å². The quantitative estimate of drug-likeness (QED) is 0.160. The molecule has 0 saturated carbocycles. The van der Waals surface area contributed by atoms with E-state index in [-0.39, 0.29) is 0 Å². The Morgan fingerprint density at radius 1 is 0.250 bits per heavy atom. The van der Waals surface area contributed by atoms with E-state index in [2.05, 4.69) is 240 Å². The van der Waals surface area contributed by atoms with Gasteiger partial charge in [0.25, 0.3) is 0 Å². The Morgan fingerprint density at radius 2 is 0.632 bits per heavy atom. The van der Waals surface area contributed by atoms with Crippen LogP contribution < -0.4 is 0 Å². The molecule has 3 aromatic heterocycles. The SMILES string of the molecule is c1ccc(-c2nc(-c3cccc(-n4c5ccccc5c5cc(-c6cccc7c6-c6ccccc6C7)ccc54)c3)nc(-c3cccc(-n4c5ccccc5c5cc(-c6cccc7c6-c6ccccc6C7)ccc54)c3)n2)cc1. The van der Waals surface area contributed by atoms with E-state index >= 15 is 0 Å². The zero-order valence-electron chi connectivity index (χ0n) is 41.3. The maximum absolute atomic E-state index is 5.33. The second kappa shape index (κ2) is 16.8. The van der Waals surface area contributed by atoms with Gasteiger partial charge in [-0.15, -0.1) is 0 Å². The molecule has 0 unspecified atom stereocenters. The van der Waals surface area contributed by atoms with Crippen molar-refractivity contribution in [1.29, 1.82) is 0 Å². The minimum Gasteiger partial charge on any atom is -0.309 e. The topological polar surface area (TPSA) is 48.5 Å². The standard InChI is InChI=1S/C71H45N5/c1-2-16-44(17-3-1)69-72-70(51-22-12-24-53(40-51)75-63-32-10-8-28-59(63)61-42-47(34-36-65(61)75)57-30-14-20-49-38-45-18-4-6-26-55(45)67(49)57)74-71(73-69)52-23-13-25-54(41-52)76-64-33-11-9-29-60(64)62-43-48(35-37-66(62)76)58-31-15-21-50-39-46-19-5-7-27-56(46)68(50)58/h1-37,40-43H,38-39H2. The summed E-state index contributed by atoms with van der Waals surface area (Å²) in [5, 5.41) is 4.84. The van der Waals surface area contributed by atoms with Crippen LogP contribution in [-0.4, -0.2) is 24.1 Å². The molecular weight excluding hydrogens is 923 g/mol. The van der Waals surface area contributed by atoms with Crippen molar-refractivity contribution in [1.82, 2.24) is 24.1 Å². The first-order valence-electron chi connectivity index (χ1n) is 26.2. The highest BCUT2D eigenvalue weighted by Crippen LogP contribution is 2.46. The van der Waals surface area contributed by atoms with Crippen LogP contribution in [0.15, 0.2) is 249 Å². The summed E-state index contributed by atoms with van der Waals surface area (Å²) in [5.41, 5.74) is 25.3. The third-order valence-corrected chi connectivity index (χ3v) is 16.0. The van der Waals surface area contributed by atoms with Gasteiger partial charge in [-0.3, -0.25) is 0 Å². The van der Waals surface area contributed by atoms with Crippen molar-refractivity contribution < 1.29 is 0 Å². The molecule has 0 fully saturated rings. The highest BCUT2D eigenvalue weighted by molar-refractivity contribution is 6.12. The summed E-state index contributed by atoms with van der Waals surface area (Å²) in [6.45, 7) is 0. The summed E-state index contributed by atoms with van der Waals surface area (Å²) in [6.07, 6.45) is 1.94. The third-order valence-electron chi connectivity index (χ3n) is 16.0. The van der Waals surface area contributed by atoms with Gasteiger partial charge < -0.3 is 9.13 Å². The predicted octanol–water partition coefficient (Wildman–Crippen LogP) is 17.5. The summed E-state index contributed by atoms with van der Waals surface area (Å²) in [5.74, 6) is 1.84. The Balaban J connectivity index is 0.809. The lowest BCUT2D eigenvalue weighted by Gasteiger charge is -2.13. The second-order valence-corrected chi connectivity index (χ2v) is 20.3. The van der Waals surface area contributed by atoms with Crippen molar-refractivity contribution in [2.24, 2.45) is 0 Å². The van der Waals surface area contributed by atoms with E-state index in [1.165, 1.54) is 88.3 Å². The van der Waals surface area contributed by atoms with Crippen molar-refractivity contribution in [2.75, 3.05) is 0 Å². The molecule has 0 amide bonds. The van der Waals surface area contributed by atoms with Crippen LogP contribution >= 0.6 is 0 Å². The summed E-state index contributed by atoms with van der Waals surface area (Å²) in [4.78, 5) is 15.8. The van der Waals surface area contributed by atoms with Crippen LogP contribution in [0.3, 0.4) is 0 Å². The molecule has 0 radical (unpaired) electrons. The van der Waals surface area contributed by atoms with Crippen molar-refractivity contribution >= 4 is 43.6 Å². The monoisotopic (exact) mass is 967 g/mol. The van der Waals surface area contributed by atoms with Crippen LogP contribution in [0, 0.1) is 0 Å². The fourth-order valence-electron chi connectivity index (χ4n) is 12.6. The fourth-order valence-corrected chi connectivity index (χ4v) is 12.6. The molecule has 2 aliphatic carbocycles. The Morgan fingerprint density at radius 3 is 1.14 bits per heavy atom. The van der Waals surface area contributed by atoms with Gasteiger partial charge >= 0.3 is 0 Å². The first-order chi connectivity index (χ1) is 37.7. The van der Waals surface area contributed by atoms with Crippen LogP contribution in [0.4, 0.5) is 0 Å².